The maximum atomic E-state index is 12.1. The van der Waals surface area contributed by atoms with Crippen LogP contribution in [0, 0.1) is 6.92 Å². The van der Waals surface area contributed by atoms with Crippen LogP contribution in [-0.4, -0.2) is 11.8 Å². The average Bonchev–Trinajstić information content (AvgIpc) is 3.02. The molecule has 0 unspecified atom stereocenters. The van der Waals surface area contributed by atoms with Gasteiger partial charge in [-0.2, -0.15) is 0 Å². The van der Waals surface area contributed by atoms with E-state index in [-0.39, 0.29) is 24.3 Å². The highest BCUT2D eigenvalue weighted by molar-refractivity contribution is 7.10. The van der Waals surface area contributed by atoms with Gasteiger partial charge in [0.2, 0.25) is 5.91 Å². The Kier molecular flexibility index (Phi) is 3.75. The molecule has 2 aromatic rings. The van der Waals surface area contributed by atoms with Gasteiger partial charge in [0, 0.05) is 10.4 Å². The molecule has 108 valence electrons. The van der Waals surface area contributed by atoms with Gasteiger partial charge in [-0.25, -0.2) is 0 Å². The summed E-state index contributed by atoms with van der Waals surface area (Å²) in [4.78, 5) is 25.0. The summed E-state index contributed by atoms with van der Waals surface area (Å²) in [5.41, 5.74) is 2.77. The third-order valence-corrected chi connectivity index (χ3v) is 4.71. The predicted molar refractivity (Wildman–Crippen MR) is 82.2 cm³/mol. The fourth-order valence-corrected chi connectivity index (χ4v) is 3.35. The third kappa shape index (κ3) is 2.83. The molecule has 2 amide bonds. The molecule has 0 radical (unpaired) electrons. The summed E-state index contributed by atoms with van der Waals surface area (Å²) in [5, 5.41) is 7.79. The number of amides is 2. The second-order valence-corrected chi connectivity index (χ2v) is 6.12. The van der Waals surface area contributed by atoms with Crippen molar-refractivity contribution in [1.82, 2.24) is 10.6 Å². The molecule has 1 aliphatic rings. The molecule has 1 aromatic carbocycles. The Hall–Kier alpha value is -2.14. The van der Waals surface area contributed by atoms with Crippen molar-refractivity contribution in [1.29, 1.82) is 0 Å². The van der Waals surface area contributed by atoms with Crippen molar-refractivity contribution >= 4 is 23.2 Å². The minimum atomic E-state index is -0.224. The summed E-state index contributed by atoms with van der Waals surface area (Å²) in [6, 6.07) is 9.23. The van der Waals surface area contributed by atoms with Crippen LogP contribution in [0.4, 0.5) is 0 Å². The van der Waals surface area contributed by atoms with Gasteiger partial charge in [-0.1, -0.05) is 18.2 Å². The zero-order valence-electron chi connectivity index (χ0n) is 11.7. The van der Waals surface area contributed by atoms with Gasteiger partial charge in [-0.15, -0.1) is 11.3 Å². The summed E-state index contributed by atoms with van der Waals surface area (Å²) < 4.78 is 0. The van der Waals surface area contributed by atoms with Crippen molar-refractivity contribution < 1.29 is 9.59 Å². The van der Waals surface area contributed by atoms with Crippen LogP contribution in [0.1, 0.15) is 38.8 Å². The normalized spacial score (nSPS) is 16.4. The van der Waals surface area contributed by atoms with E-state index in [4.69, 9.17) is 0 Å². The van der Waals surface area contributed by atoms with E-state index in [2.05, 4.69) is 10.6 Å². The van der Waals surface area contributed by atoms with Crippen molar-refractivity contribution in [2.75, 3.05) is 0 Å². The maximum absolute atomic E-state index is 12.1. The molecule has 1 aromatic heterocycles. The fourth-order valence-electron chi connectivity index (χ4n) is 2.50. The van der Waals surface area contributed by atoms with Crippen LogP contribution in [0.15, 0.2) is 35.7 Å². The van der Waals surface area contributed by atoms with Gasteiger partial charge in [0.1, 0.15) is 0 Å². The smallest absolute Gasteiger partial charge is 0.252 e. The van der Waals surface area contributed by atoms with Crippen LogP contribution < -0.4 is 10.6 Å². The van der Waals surface area contributed by atoms with Gasteiger partial charge in [0.25, 0.3) is 5.91 Å². The summed E-state index contributed by atoms with van der Waals surface area (Å²) in [5.74, 6) is -0.151. The second-order valence-electron chi connectivity index (χ2n) is 5.12. The Labute approximate surface area is 127 Å². The first-order chi connectivity index (χ1) is 10.1. The molecular weight excluding hydrogens is 284 g/mol. The Bertz CT molecular complexity index is 693. The highest BCUT2D eigenvalue weighted by Crippen LogP contribution is 2.27. The molecule has 2 heterocycles. The topological polar surface area (TPSA) is 58.2 Å². The van der Waals surface area contributed by atoms with E-state index in [9.17, 15) is 9.59 Å². The van der Waals surface area contributed by atoms with E-state index < -0.39 is 0 Å². The van der Waals surface area contributed by atoms with Crippen molar-refractivity contribution in [2.45, 2.75) is 25.9 Å². The molecule has 0 aliphatic carbocycles. The molecule has 21 heavy (non-hydrogen) atoms. The lowest BCUT2D eigenvalue weighted by molar-refractivity contribution is -0.121. The number of hydrogen-bond acceptors (Lipinski definition) is 3. The molecule has 0 fully saturated rings. The van der Waals surface area contributed by atoms with Crippen LogP contribution in [-0.2, 0) is 11.3 Å². The van der Waals surface area contributed by atoms with E-state index >= 15 is 0 Å². The molecule has 4 nitrogen and oxygen atoms in total. The molecule has 0 spiro atoms. The Balaban J connectivity index is 1.61. The van der Waals surface area contributed by atoms with Crippen LogP contribution in [0.25, 0.3) is 0 Å². The van der Waals surface area contributed by atoms with E-state index in [0.717, 1.165) is 5.56 Å². The van der Waals surface area contributed by atoms with Gasteiger partial charge in [0.05, 0.1) is 19.0 Å². The van der Waals surface area contributed by atoms with Crippen LogP contribution in [0.2, 0.25) is 0 Å². The molecule has 2 N–H and O–H groups in total. The summed E-state index contributed by atoms with van der Waals surface area (Å²) in [6.45, 7) is 2.58. The maximum Gasteiger partial charge on any atom is 0.252 e. The summed E-state index contributed by atoms with van der Waals surface area (Å²) >= 11 is 1.64. The lowest BCUT2D eigenvalue weighted by Crippen LogP contribution is -2.28. The van der Waals surface area contributed by atoms with E-state index in [1.807, 2.05) is 36.6 Å². The molecule has 0 saturated carbocycles. The minimum Gasteiger partial charge on any atom is -0.351 e. The van der Waals surface area contributed by atoms with E-state index in [1.165, 1.54) is 10.4 Å². The number of aryl methyl sites for hydroxylation is 1. The summed E-state index contributed by atoms with van der Waals surface area (Å²) in [7, 11) is 0. The number of carbonyl (C=O) groups excluding carboxylic acids is 2. The zero-order valence-corrected chi connectivity index (χ0v) is 12.5. The molecule has 1 aliphatic heterocycles. The fraction of sp³-hybridized carbons (Fsp3) is 0.250. The number of hydrogen-bond donors (Lipinski definition) is 2. The largest absolute Gasteiger partial charge is 0.351 e. The molecule has 3 rings (SSSR count). The lowest BCUT2D eigenvalue weighted by Gasteiger charge is -2.11. The minimum absolute atomic E-state index is 0.0511. The quantitative estimate of drug-likeness (QED) is 0.911. The van der Waals surface area contributed by atoms with Crippen LogP contribution in [0.5, 0.6) is 0 Å². The van der Waals surface area contributed by atoms with Gasteiger partial charge in [0.15, 0.2) is 0 Å². The average molecular weight is 300 g/mol. The van der Waals surface area contributed by atoms with E-state index in [0.29, 0.717) is 12.1 Å². The number of fused-ring (bicyclic) bond motifs is 1. The predicted octanol–water partition coefficient (Wildman–Crippen LogP) is 2.55. The van der Waals surface area contributed by atoms with Crippen molar-refractivity contribution in [2.24, 2.45) is 0 Å². The first kappa shape index (κ1) is 13.8. The number of thiophene rings is 1. The van der Waals surface area contributed by atoms with Crippen molar-refractivity contribution in [3.63, 3.8) is 0 Å². The number of carbonyl (C=O) groups is 2. The van der Waals surface area contributed by atoms with Gasteiger partial charge in [-0.3, -0.25) is 9.59 Å². The molecule has 5 heteroatoms. The number of nitrogens with one attached hydrogen (secondary N) is 2. The zero-order chi connectivity index (χ0) is 14.8. The molecular formula is C16H16N2O2S. The van der Waals surface area contributed by atoms with Crippen molar-refractivity contribution in [3.05, 3.63) is 57.3 Å². The Morgan fingerprint density at radius 1 is 1.33 bits per heavy atom. The number of benzene rings is 1. The Morgan fingerprint density at radius 3 is 2.90 bits per heavy atom. The highest BCUT2D eigenvalue weighted by Gasteiger charge is 2.29. The standard InChI is InChI=1S/C16H16N2O2S/c1-10-6-7-21-14(10)9-17-15(19)8-13-11-4-2-3-5-12(11)16(20)18-13/h2-7,13H,8-9H2,1H3,(H,17,19)(H,18,20)/t13-/m1/s1. The SMILES string of the molecule is Cc1ccsc1CNC(=O)C[C@H]1NC(=O)c2ccccc21. The molecule has 0 bridgehead atoms. The molecule has 1 atom stereocenters. The number of rotatable bonds is 4. The monoisotopic (exact) mass is 300 g/mol. The highest BCUT2D eigenvalue weighted by atomic mass is 32.1. The first-order valence-corrected chi connectivity index (χ1v) is 7.72. The molecule has 0 saturated heterocycles. The first-order valence-electron chi connectivity index (χ1n) is 6.84. The Morgan fingerprint density at radius 2 is 2.14 bits per heavy atom. The van der Waals surface area contributed by atoms with E-state index in [1.54, 1.807) is 17.4 Å². The third-order valence-electron chi connectivity index (χ3n) is 3.69. The lowest BCUT2D eigenvalue weighted by atomic mass is 10.0. The van der Waals surface area contributed by atoms with Crippen LogP contribution >= 0.6 is 11.3 Å². The summed E-state index contributed by atoms with van der Waals surface area (Å²) in [6.07, 6.45) is 0.271. The second kappa shape index (κ2) is 5.69. The van der Waals surface area contributed by atoms with Gasteiger partial charge >= 0.3 is 0 Å². The van der Waals surface area contributed by atoms with Gasteiger partial charge in [-0.05, 0) is 35.6 Å². The van der Waals surface area contributed by atoms with Crippen molar-refractivity contribution in [3.8, 4) is 0 Å². The van der Waals surface area contributed by atoms with Crippen LogP contribution in [0.3, 0.4) is 0 Å². The van der Waals surface area contributed by atoms with Gasteiger partial charge < -0.3 is 10.6 Å².